The van der Waals surface area contributed by atoms with Crippen LogP contribution in [0.15, 0.2) is 24.3 Å². The topological polar surface area (TPSA) is 32.3 Å². The molecule has 1 aromatic rings. The van der Waals surface area contributed by atoms with Crippen molar-refractivity contribution in [1.29, 1.82) is 0 Å². The smallest absolute Gasteiger partial charge is 0.317 e. The molecule has 1 N–H and O–H groups in total. The molecule has 0 aromatic heterocycles. The van der Waals surface area contributed by atoms with E-state index in [1.165, 1.54) is 30.4 Å². The van der Waals surface area contributed by atoms with Gasteiger partial charge < -0.3 is 10.2 Å². The zero-order valence-corrected chi connectivity index (χ0v) is 13.2. The number of hydrogen-bond donors (Lipinski definition) is 1. The quantitative estimate of drug-likeness (QED) is 0.906. The molecule has 2 amide bonds. The Balaban J connectivity index is 1.57. The van der Waals surface area contributed by atoms with Gasteiger partial charge in [-0.3, -0.25) is 0 Å². The summed E-state index contributed by atoms with van der Waals surface area (Å²) < 4.78 is 0. The second-order valence-electron chi connectivity index (χ2n) is 7.00. The minimum atomic E-state index is 0.125. The number of rotatable bonds is 3. The van der Waals surface area contributed by atoms with Gasteiger partial charge in [-0.2, -0.15) is 0 Å². The molecule has 21 heavy (non-hydrogen) atoms. The van der Waals surface area contributed by atoms with E-state index in [0.717, 1.165) is 26.1 Å². The number of nitrogens with zero attached hydrogens (tertiary/aromatic N) is 1. The van der Waals surface area contributed by atoms with Crippen LogP contribution in [0.2, 0.25) is 0 Å². The van der Waals surface area contributed by atoms with Gasteiger partial charge in [0.25, 0.3) is 0 Å². The first-order valence-electron chi connectivity index (χ1n) is 8.19. The van der Waals surface area contributed by atoms with Gasteiger partial charge in [0.1, 0.15) is 0 Å². The fourth-order valence-electron chi connectivity index (χ4n) is 3.36. The van der Waals surface area contributed by atoms with E-state index in [0.29, 0.717) is 5.92 Å². The van der Waals surface area contributed by atoms with Gasteiger partial charge in [0.05, 0.1) is 0 Å². The molecule has 0 spiro atoms. The fraction of sp³-hybridized carbons (Fsp3) is 0.611. The highest BCUT2D eigenvalue weighted by atomic mass is 16.2. The molecular weight excluding hydrogens is 260 g/mol. The maximum absolute atomic E-state index is 12.3. The average molecular weight is 286 g/mol. The van der Waals surface area contributed by atoms with Crippen LogP contribution < -0.4 is 5.32 Å². The molecule has 1 aliphatic carbocycles. The van der Waals surface area contributed by atoms with E-state index in [4.69, 9.17) is 0 Å². The first kappa shape index (κ1) is 14.4. The SMILES string of the molecule is Cc1ccc(C2(CNC(=O)N3CCCC(C)C3)CC2)cc1. The predicted molar refractivity (Wildman–Crippen MR) is 85.5 cm³/mol. The number of amides is 2. The Morgan fingerprint density at radius 1 is 1.33 bits per heavy atom. The van der Waals surface area contributed by atoms with Gasteiger partial charge in [-0.25, -0.2) is 4.79 Å². The van der Waals surface area contributed by atoms with Gasteiger partial charge in [0.15, 0.2) is 0 Å². The summed E-state index contributed by atoms with van der Waals surface area (Å²) in [5.74, 6) is 0.636. The molecule has 0 radical (unpaired) electrons. The van der Waals surface area contributed by atoms with E-state index >= 15 is 0 Å². The summed E-state index contributed by atoms with van der Waals surface area (Å²) in [5, 5.41) is 3.18. The van der Waals surface area contributed by atoms with Crippen molar-refractivity contribution in [2.75, 3.05) is 19.6 Å². The van der Waals surface area contributed by atoms with Crippen molar-refractivity contribution in [3.63, 3.8) is 0 Å². The fourth-order valence-corrected chi connectivity index (χ4v) is 3.36. The summed E-state index contributed by atoms with van der Waals surface area (Å²) in [6.07, 6.45) is 4.76. The van der Waals surface area contributed by atoms with Crippen LogP contribution in [-0.4, -0.2) is 30.6 Å². The van der Waals surface area contributed by atoms with Crippen LogP contribution in [0.5, 0.6) is 0 Å². The lowest BCUT2D eigenvalue weighted by Gasteiger charge is -2.31. The molecule has 1 unspecified atom stereocenters. The minimum Gasteiger partial charge on any atom is -0.337 e. The Hall–Kier alpha value is -1.51. The van der Waals surface area contributed by atoms with Gasteiger partial charge in [0, 0.05) is 25.0 Å². The number of likely N-dealkylation sites (tertiary alicyclic amines) is 1. The van der Waals surface area contributed by atoms with Crippen molar-refractivity contribution in [3.8, 4) is 0 Å². The number of hydrogen-bond acceptors (Lipinski definition) is 1. The standard InChI is InChI=1S/C18H26N2O/c1-14-5-7-16(8-6-14)18(9-10-18)13-19-17(21)20-11-3-4-15(2)12-20/h5-8,15H,3-4,9-13H2,1-2H3,(H,19,21). The third kappa shape index (κ3) is 3.22. The number of benzene rings is 1. The second kappa shape index (κ2) is 5.70. The zero-order chi connectivity index (χ0) is 14.9. The molecule has 3 heteroatoms. The summed E-state index contributed by atoms with van der Waals surface area (Å²) in [4.78, 5) is 14.3. The molecule has 3 nitrogen and oxygen atoms in total. The number of nitrogens with one attached hydrogen (secondary N) is 1. The van der Waals surface area contributed by atoms with Gasteiger partial charge >= 0.3 is 6.03 Å². The molecule has 1 saturated heterocycles. The van der Waals surface area contributed by atoms with Gasteiger partial charge in [-0.05, 0) is 44.1 Å². The lowest BCUT2D eigenvalue weighted by molar-refractivity contribution is 0.169. The van der Waals surface area contributed by atoms with Crippen LogP contribution in [0, 0.1) is 12.8 Å². The Morgan fingerprint density at radius 2 is 2.05 bits per heavy atom. The third-order valence-corrected chi connectivity index (χ3v) is 5.04. The Kier molecular flexibility index (Phi) is 3.92. The highest BCUT2D eigenvalue weighted by molar-refractivity contribution is 5.74. The predicted octanol–water partition coefficient (Wildman–Crippen LogP) is 3.47. The third-order valence-electron chi connectivity index (χ3n) is 5.04. The molecule has 1 saturated carbocycles. The number of aryl methyl sites for hydroxylation is 1. The molecule has 1 aliphatic heterocycles. The summed E-state index contributed by atoms with van der Waals surface area (Å²) in [7, 11) is 0. The molecule has 1 aromatic carbocycles. The van der Waals surface area contributed by atoms with Crippen molar-refractivity contribution in [1.82, 2.24) is 10.2 Å². The largest absolute Gasteiger partial charge is 0.337 e. The van der Waals surface area contributed by atoms with E-state index in [2.05, 4.69) is 43.4 Å². The van der Waals surface area contributed by atoms with Gasteiger partial charge in [-0.15, -0.1) is 0 Å². The molecule has 3 rings (SSSR count). The maximum Gasteiger partial charge on any atom is 0.317 e. The minimum absolute atomic E-state index is 0.125. The van der Waals surface area contributed by atoms with Crippen molar-refractivity contribution < 1.29 is 4.79 Å². The summed E-state index contributed by atoms with van der Waals surface area (Å²) in [6.45, 7) is 6.94. The first-order chi connectivity index (χ1) is 10.1. The van der Waals surface area contributed by atoms with Gasteiger partial charge in [0.2, 0.25) is 0 Å². The molecule has 2 fully saturated rings. The van der Waals surface area contributed by atoms with Crippen LogP contribution >= 0.6 is 0 Å². The lowest BCUT2D eigenvalue weighted by Crippen LogP contribution is -2.46. The highest BCUT2D eigenvalue weighted by Crippen LogP contribution is 2.47. The number of urea groups is 1. The molecule has 1 atom stereocenters. The Morgan fingerprint density at radius 3 is 2.67 bits per heavy atom. The average Bonchev–Trinajstić information content (AvgIpc) is 3.27. The number of carbonyl (C=O) groups excluding carboxylic acids is 1. The Bertz CT molecular complexity index is 504. The molecule has 0 bridgehead atoms. The van der Waals surface area contributed by atoms with E-state index < -0.39 is 0 Å². The first-order valence-corrected chi connectivity index (χ1v) is 8.19. The molecule has 114 valence electrons. The van der Waals surface area contributed by atoms with E-state index in [9.17, 15) is 4.79 Å². The van der Waals surface area contributed by atoms with E-state index in [1.54, 1.807) is 0 Å². The van der Waals surface area contributed by atoms with Crippen LogP contribution in [0.1, 0.15) is 43.7 Å². The summed E-state index contributed by atoms with van der Waals surface area (Å²) in [6, 6.07) is 8.90. The maximum atomic E-state index is 12.3. The summed E-state index contributed by atoms with van der Waals surface area (Å²) >= 11 is 0. The van der Waals surface area contributed by atoms with Crippen LogP contribution in [0.25, 0.3) is 0 Å². The van der Waals surface area contributed by atoms with Crippen molar-refractivity contribution in [3.05, 3.63) is 35.4 Å². The van der Waals surface area contributed by atoms with Gasteiger partial charge in [-0.1, -0.05) is 36.8 Å². The normalized spacial score (nSPS) is 23.7. The number of carbonyl (C=O) groups is 1. The molecular formula is C18H26N2O. The van der Waals surface area contributed by atoms with Crippen LogP contribution in [0.4, 0.5) is 4.79 Å². The Labute approximate surface area is 127 Å². The monoisotopic (exact) mass is 286 g/mol. The lowest BCUT2D eigenvalue weighted by atomic mass is 9.95. The van der Waals surface area contributed by atoms with Crippen molar-refractivity contribution in [2.45, 2.75) is 44.9 Å². The number of piperidine rings is 1. The summed E-state index contributed by atoms with van der Waals surface area (Å²) in [5.41, 5.74) is 2.87. The second-order valence-corrected chi connectivity index (χ2v) is 7.00. The zero-order valence-electron chi connectivity index (χ0n) is 13.2. The molecule has 2 aliphatic rings. The van der Waals surface area contributed by atoms with Crippen molar-refractivity contribution in [2.24, 2.45) is 5.92 Å². The molecule has 1 heterocycles. The van der Waals surface area contributed by atoms with Crippen LogP contribution in [0.3, 0.4) is 0 Å². The highest BCUT2D eigenvalue weighted by Gasteiger charge is 2.44. The van der Waals surface area contributed by atoms with E-state index in [-0.39, 0.29) is 11.4 Å². The van der Waals surface area contributed by atoms with Crippen molar-refractivity contribution >= 4 is 6.03 Å². The van der Waals surface area contributed by atoms with E-state index in [1.807, 2.05) is 4.90 Å². The van der Waals surface area contributed by atoms with Crippen LogP contribution in [-0.2, 0) is 5.41 Å².